The van der Waals surface area contributed by atoms with Gasteiger partial charge in [-0.15, -0.1) is 0 Å². The van der Waals surface area contributed by atoms with Gasteiger partial charge in [0.05, 0.1) is 6.04 Å². The first-order valence-corrected chi connectivity index (χ1v) is 7.03. The molecule has 1 heterocycles. The number of hydrogen-bond donors (Lipinski definition) is 2. The molecular weight excluding hydrogens is 238 g/mol. The quantitative estimate of drug-likeness (QED) is 0.817. The zero-order chi connectivity index (χ0) is 13.9. The summed E-state index contributed by atoms with van der Waals surface area (Å²) in [5.74, 6) is 0.179. The molecule has 1 aromatic heterocycles. The van der Waals surface area contributed by atoms with Gasteiger partial charge in [0.25, 0.3) is 0 Å². The van der Waals surface area contributed by atoms with Crippen molar-refractivity contribution in [3.63, 3.8) is 0 Å². The molecule has 1 unspecified atom stereocenters. The van der Waals surface area contributed by atoms with E-state index < -0.39 is 6.04 Å². The maximum atomic E-state index is 12.0. The fourth-order valence-electron chi connectivity index (χ4n) is 2.28. The number of nitrogens with zero attached hydrogens (tertiary/aromatic N) is 1. The molecule has 1 aliphatic rings. The Morgan fingerprint density at radius 2 is 2.32 bits per heavy atom. The lowest BCUT2D eigenvalue weighted by molar-refractivity contribution is -0.123. The largest absolute Gasteiger partial charge is 0.354 e. The molecule has 3 N–H and O–H groups in total. The van der Waals surface area contributed by atoms with Crippen molar-refractivity contribution in [2.75, 3.05) is 6.54 Å². The number of carbonyl (C=O) groups excluding carboxylic acids is 1. The maximum Gasteiger partial charge on any atom is 0.237 e. The van der Waals surface area contributed by atoms with Gasteiger partial charge in [-0.2, -0.15) is 0 Å². The molecule has 19 heavy (non-hydrogen) atoms. The summed E-state index contributed by atoms with van der Waals surface area (Å²) >= 11 is 0. The summed E-state index contributed by atoms with van der Waals surface area (Å²) in [6.07, 6.45) is 6.81. The number of pyridine rings is 1. The summed E-state index contributed by atoms with van der Waals surface area (Å²) in [6, 6.07) is 3.62. The number of aromatic nitrogens is 1. The highest BCUT2D eigenvalue weighted by molar-refractivity contribution is 5.81. The van der Waals surface area contributed by atoms with Crippen LogP contribution in [-0.4, -0.2) is 23.5 Å². The Kier molecular flexibility index (Phi) is 4.20. The SMILES string of the molecule is CCC(C)[C@H](N)C(=O)NCC1(c2cccnc2)CC1. The van der Waals surface area contributed by atoms with Gasteiger partial charge in [-0.1, -0.05) is 26.3 Å². The zero-order valence-corrected chi connectivity index (χ0v) is 11.7. The molecule has 1 fully saturated rings. The van der Waals surface area contributed by atoms with Gasteiger partial charge in [-0.3, -0.25) is 9.78 Å². The maximum absolute atomic E-state index is 12.0. The van der Waals surface area contributed by atoms with Crippen molar-refractivity contribution in [2.24, 2.45) is 11.7 Å². The fraction of sp³-hybridized carbons (Fsp3) is 0.600. The third kappa shape index (κ3) is 3.13. The molecule has 0 spiro atoms. The van der Waals surface area contributed by atoms with E-state index in [2.05, 4.69) is 23.3 Å². The second-order valence-electron chi connectivity index (χ2n) is 5.65. The minimum absolute atomic E-state index is 0.0375. The number of hydrogen-bond acceptors (Lipinski definition) is 3. The summed E-state index contributed by atoms with van der Waals surface area (Å²) in [6.45, 7) is 4.73. The molecule has 2 rings (SSSR count). The van der Waals surface area contributed by atoms with E-state index in [1.807, 2.05) is 19.2 Å². The van der Waals surface area contributed by atoms with Gasteiger partial charge in [0.2, 0.25) is 5.91 Å². The first-order chi connectivity index (χ1) is 9.09. The van der Waals surface area contributed by atoms with Crippen LogP contribution in [0.5, 0.6) is 0 Å². The van der Waals surface area contributed by atoms with Gasteiger partial charge < -0.3 is 11.1 Å². The van der Waals surface area contributed by atoms with Crippen molar-refractivity contribution < 1.29 is 4.79 Å². The smallest absolute Gasteiger partial charge is 0.237 e. The summed E-state index contributed by atoms with van der Waals surface area (Å²) in [4.78, 5) is 16.2. The van der Waals surface area contributed by atoms with Crippen LogP contribution in [0.2, 0.25) is 0 Å². The molecule has 0 aliphatic heterocycles. The average molecular weight is 261 g/mol. The van der Waals surface area contributed by atoms with Crippen LogP contribution in [0, 0.1) is 5.92 Å². The predicted octanol–water partition coefficient (Wildman–Crippen LogP) is 1.60. The molecule has 4 nitrogen and oxygen atoms in total. The molecule has 0 saturated heterocycles. The van der Waals surface area contributed by atoms with Crippen LogP contribution < -0.4 is 11.1 Å². The van der Waals surface area contributed by atoms with Crippen molar-refractivity contribution in [2.45, 2.75) is 44.6 Å². The second kappa shape index (κ2) is 5.70. The molecule has 1 saturated carbocycles. The highest BCUT2D eigenvalue weighted by Crippen LogP contribution is 2.47. The monoisotopic (exact) mass is 261 g/mol. The van der Waals surface area contributed by atoms with E-state index in [0.717, 1.165) is 19.3 Å². The van der Waals surface area contributed by atoms with Crippen molar-refractivity contribution >= 4 is 5.91 Å². The Labute approximate surface area is 114 Å². The van der Waals surface area contributed by atoms with Crippen LogP contribution in [0.4, 0.5) is 0 Å². The highest BCUT2D eigenvalue weighted by Gasteiger charge is 2.44. The normalized spacial score (nSPS) is 19.5. The standard InChI is InChI=1S/C15H23N3O/c1-3-11(2)13(16)14(19)18-10-15(6-7-15)12-5-4-8-17-9-12/h4-5,8-9,11,13H,3,6-7,10,16H2,1-2H3,(H,18,19)/t11?,13-/m0/s1. The highest BCUT2D eigenvalue weighted by atomic mass is 16.2. The Hall–Kier alpha value is -1.42. The Morgan fingerprint density at radius 1 is 1.58 bits per heavy atom. The third-order valence-electron chi connectivity index (χ3n) is 4.29. The average Bonchev–Trinajstić information content (AvgIpc) is 3.25. The number of rotatable bonds is 6. The summed E-state index contributed by atoms with van der Waals surface area (Å²) < 4.78 is 0. The first-order valence-electron chi connectivity index (χ1n) is 7.03. The molecule has 0 bridgehead atoms. The van der Waals surface area contributed by atoms with Crippen LogP contribution in [0.1, 0.15) is 38.7 Å². The Balaban J connectivity index is 1.91. The van der Waals surface area contributed by atoms with Gasteiger partial charge in [0, 0.05) is 24.4 Å². The van der Waals surface area contributed by atoms with Gasteiger partial charge in [0.1, 0.15) is 0 Å². The number of nitrogens with one attached hydrogen (secondary N) is 1. The van der Waals surface area contributed by atoms with Gasteiger partial charge >= 0.3 is 0 Å². The van der Waals surface area contributed by atoms with Gasteiger partial charge in [-0.05, 0) is 30.4 Å². The topological polar surface area (TPSA) is 68.0 Å². The molecule has 2 atom stereocenters. The van der Waals surface area contributed by atoms with E-state index >= 15 is 0 Å². The lowest BCUT2D eigenvalue weighted by Crippen LogP contribution is -2.46. The molecule has 0 aromatic carbocycles. The summed E-state index contributed by atoms with van der Waals surface area (Å²) in [5.41, 5.74) is 7.25. The minimum Gasteiger partial charge on any atom is -0.354 e. The molecular formula is C15H23N3O. The van der Waals surface area contributed by atoms with Crippen LogP contribution in [-0.2, 0) is 10.2 Å². The fourth-order valence-corrected chi connectivity index (χ4v) is 2.28. The van der Waals surface area contributed by atoms with Crippen molar-refractivity contribution in [3.05, 3.63) is 30.1 Å². The van der Waals surface area contributed by atoms with Crippen molar-refractivity contribution in [1.29, 1.82) is 0 Å². The molecule has 1 aliphatic carbocycles. The van der Waals surface area contributed by atoms with Crippen LogP contribution in [0.15, 0.2) is 24.5 Å². The number of nitrogens with two attached hydrogens (primary N) is 1. The third-order valence-corrected chi connectivity index (χ3v) is 4.29. The lowest BCUT2D eigenvalue weighted by Gasteiger charge is -2.21. The van der Waals surface area contributed by atoms with Gasteiger partial charge in [0.15, 0.2) is 0 Å². The van der Waals surface area contributed by atoms with Crippen molar-refractivity contribution in [3.8, 4) is 0 Å². The van der Waals surface area contributed by atoms with Crippen molar-refractivity contribution in [1.82, 2.24) is 10.3 Å². The van der Waals surface area contributed by atoms with E-state index in [4.69, 9.17) is 5.73 Å². The Morgan fingerprint density at radius 3 is 2.84 bits per heavy atom. The first kappa shape index (κ1) is 14.0. The molecule has 1 aromatic rings. The number of amides is 1. The van der Waals surface area contributed by atoms with Gasteiger partial charge in [-0.25, -0.2) is 0 Å². The lowest BCUT2D eigenvalue weighted by atomic mass is 9.96. The van der Waals surface area contributed by atoms with E-state index in [1.165, 1.54) is 5.56 Å². The predicted molar refractivity (Wildman–Crippen MR) is 75.6 cm³/mol. The van der Waals surface area contributed by atoms with Crippen LogP contribution in [0.3, 0.4) is 0 Å². The molecule has 104 valence electrons. The second-order valence-corrected chi connectivity index (χ2v) is 5.65. The van der Waals surface area contributed by atoms with E-state index in [9.17, 15) is 4.79 Å². The summed E-state index contributed by atoms with van der Waals surface area (Å²) in [7, 11) is 0. The number of carbonyl (C=O) groups is 1. The molecule has 4 heteroatoms. The zero-order valence-electron chi connectivity index (χ0n) is 11.7. The van der Waals surface area contributed by atoms with E-state index in [-0.39, 0.29) is 17.2 Å². The van der Waals surface area contributed by atoms with E-state index in [1.54, 1.807) is 6.20 Å². The van der Waals surface area contributed by atoms with Crippen LogP contribution >= 0.6 is 0 Å². The van der Waals surface area contributed by atoms with E-state index in [0.29, 0.717) is 6.54 Å². The molecule has 1 amide bonds. The molecule has 0 radical (unpaired) electrons. The minimum atomic E-state index is -0.408. The van der Waals surface area contributed by atoms with Crippen LogP contribution in [0.25, 0.3) is 0 Å². The Bertz CT molecular complexity index is 428. The summed E-state index contributed by atoms with van der Waals surface area (Å²) in [5, 5.41) is 3.01.